The first-order valence-corrected chi connectivity index (χ1v) is 7.80. The van der Waals surface area contributed by atoms with Gasteiger partial charge in [0.05, 0.1) is 6.61 Å². The van der Waals surface area contributed by atoms with Gasteiger partial charge >= 0.3 is 0 Å². The molecule has 2 saturated carbocycles. The van der Waals surface area contributed by atoms with E-state index in [0.29, 0.717) is 6.04 Å². The Balaban J connectivity index is 1.71. The van der Waals surface area contributed by atoms with Crippen LogP contribution in [0, 0.1) is 17.8 Å². The summed E-state index contributed by atoms with van der Waals surface area (Å²) in [5.74, 6) is 3.78. The Bertz CT molecular complexity index is 506. The van der Waals surface area contributed by atoms with Gasteiger partial charge < -0.3 is 10.1 Å². The molecule has 1 aromatic carbocycles. The molecule has 0 amide bonds. The van der Waals surface area contributed by atoms with E-state index in [1.165, 1.54) is 30.4 Å². The molecule has 3 atom stereocenters. The summed E-state index contributed by atoms with van der Waals surface area (Å²) in [7, 11) is 2.07. The molecule has 3 heteroatoms. The van der Waals surface area contributed by atoms with Crippen LogP contribution >= 0.6 is 11.6 Å². The van der Waals surface area contributed by atoms with E-state index in [1.54, 1.807) is 0 Å². The Morgan fingerprint density at radius 1 is 1.32 bits per heavy atom. The molecular weight excluding hydrogens is 258 g/mol. The van der Waals surface area contributed by atoms with Gasteiger partial charge in [0.25, 0.3) is 0 Å². The van der Waals surface area contributed by atoms with Crippen LogP contribution in [0.2, 0.25) is 5.02 Å². The molecule has 3 aliphatic rings. The zero-order chi connectivity index (χ0) is 13.0. The van der Waals surface area contributed by atoms with Gasteiger partial charge in [-0.05, 0) is 55.3 Å². The average Bonchev–Trinajstić information content (AvgIpc) is 2.84. The summed E-state index contributed by atoms with van der Waals surface area (Å²) >= 11 is 6.29. The molecule has 4 rings (SSSR count). The molecule has 102 valence electrons. The van der Waals surface area contributed by atoms with Crippen molar-refractivity contribution >= 4 is 11.6 Å². The fraction of sp³-hybridized carbons (Fsp3) is 0.625. The highest BCUT2D eigenvalue weighted by Gasteiger charge is 2.56. The average molecular weight is 278 g/mol. The molecule has 2 aliphatic carbocycles. The maximum atomic E-state index is 6.29. The van der Waals surface area contributed by atoms with Gasteiger partial charge in [-0.1, -0.05) is 18.0 Å². The molecule has 19 heavy (non-hydrogen) atoms. The molecule has 0 radical (unpaired) electrons. The number of hydrogen-bond acceptors (Lipinski definition) is 2. The van der Waals surface area contributed by atoms with Gasteiger partial charge in [0.15, 0.2) is 0 Å². The molecule has 1 heterocycles. The molecule has 3 unspecified atom stereocenters. The molecule has 0 bridgehead atoms. The normalized spacial score (nSPS) is 32.6. The summed E-state index contributed by atoms with van der Waals surface area (Å²) in [6.07, 6.45) is 5.25. The Morgan fingerprint density at radius 2 is 2.11 bits per heavy atom. The monoisotopic (exact) mass is 277 g/mol. The zero-order valence-electron chi connectivity index (χ0n) is 11.3. The first-order valence-electron chi connectivity index (χ1n) is 7.42. The molecule has 0 saturated heterocycles. The van der Waals surface area contributed by atoms with Gasteiger partial charge in [-0.2, -0.15) is 0 Å². The Labute approximate surface area is 119 Å². The lowest BCUT2D eigenvalue weighted by Crippen LogP contribution is -2.21. The third-order valence-corrected chi connectivity index (χ3v) is 5.50. The van der Waals surface area contributed by atoms with Crippen LogP contribution in [0.15, 0.2) is 12.1 Å². The van der Waals surface area contributed by atoms with E-state index in [1.807, 2.05) is 0 Å². The summed E-state index contributed by atoms with van der Waals surface area (Å²) in [5.41, 5.74) is 2.58. The molecule has 0 spiro atoms. The number of benzene rings is 1. The first-order chi connectivity index (χ1) is 9.29. The maximum absolute atomic E-state index is 6.29. The fourth-order valence-electron chi connectivity index (χ4n) is 4.46. The van der Waals surface area contributed by atoms with Crippen LogP contribution in [0.1, 0.15) is 36.4 Å². The standard InChI is InChI=1S/C16H20ClNO/c1-18-15(14-11-3-2-4-12(11)14)13-8-10(17)7-9-5-6-19-16(9)13/h7-8,11-12,14-15,18H,2-6H2,1H3. The van der Waals surface area contributed by atoms with Crippen LogP contribution in [0.25, 0.3) is 0 Å². The number of nitrogens with one attached hydrogen (secondary N) is 1. The predicted molar refractivity (Wildman–Crippen MR) is 76.8 cm³/mol. The Hall–Kier alpha value is -0.730. The van der Waals surface area contributed by atoms with Crippen molar-refractivity contribution in [3.05, 3.63) is 28.3 Å². The lowest BCUT2D eigenvalue weighted by molar-refractivity contribution is 0.343. The van der Waals surface area contributed by atoms with Gasteiger partial charge in [-0.15, -0.1) is 0 Å². The van der Waals surface area contributed by atoms with Crippen LogP contribution in [-0.2, 0) is 6.42 Å². The third kappa shape index (κ3) is 1.80. The lowest BCUT2D eigenvalue weighted by atomic mass is 9.94. The Kier molecular flexibility index (Phi) is 2.78. The van der Waals surface area contributed by atoms with Crippen LogP contribution in [-0.4, -0.2) is 13.7 Å². The fourth-order valence-corrected chi connectivity index (χ4v) is 4.70. The highest BCUT2D eigenvalue weighted by Crippen LogP contribution is 2.63. The number of hydrogen-bond donors (Lipinski definition) is 1. The van der Waals surface area contributed by atoms with E-state index in [0.717, 1.165) is 41.6 Å². The van der Waals surface area contributed by atoms with Crippen LogP contribution in [0.3, 0.4) is 0 Å². The van der Waals surface area contributed by atoms with Crippen molar-refractivity contribution < 1.29 is 4.74 Å². The van der Waals surface area contributed by atoms with Crippen molar-refractivity contribution in [2.45, 2.75) is 31.7 Å². The second-order valence-electron chi connectivity index (χ2n) is 6.18. The second kappa shape index (κ2) is 4.39. The first kappa shape index (κ1) is 12.0. The van der Waals surface area contributed by atoms with Crippen LogP contribution < -0.4 is 10.1 Å². The minimum atomic E-state index is 0.417. The van der Waals surface area contributed by atoms with E-state index in [2.05, 4.69) is 24.5 Å². The largest absolute Gasteiger partial charge is 0.493 e. The van der Waals surface area contributed by atoms with E-state index in [9.17, 15) is 0 Å². The van der Waals surface area contributed by atoms with Gasteiger partial charge in [0, 0.05) is 23.0 Å². The summed E-state index contributed by atoms with van der Waals surface area (Å²) in [6, 6.07) is 4.59. The third-order valence-electron chi connectivity index (χ3n) is 5.28. The minimum Gasteiger partial charge on any atom is -0.493 e. The van der Waals surface area contributed by atoms with E-state index in [4.69, 9.17) is 16.3 Å². The van der Waals surface area contributed by atoms with Gasteiger partial charge in [0.2, 0.25) is 0 Å². The molecule has 2 fully saturated rings. The summed E-state index contributed by atoms with van der Waals surface area (Å²) in [5, 5.41) is 4.38. The van der Waals surface area contributed by atoms with E-state index in [-0.39, 0.29) is 0 Å². The van der Waals surface area contributed by atoms with Gasteiger partial charge in [-0.3, -0.25) is 0 Å². The van der Waals surface area contributed by atoms with Crippen molar-refractivity contribution in [3.63, 3.8) is 0 Å². The lowest BCUT2D eigenvalue weighted by Gasteiger charge is -2.21. The quantitative estimate of drug-likeness (QED) is 0.912. The number of halogens is 1. The SMILES string of the molecule is CNC(c1cc(Cl)cc2c1OCC2)C1C2CCCC21. The smallest absolute Gasteiger partial charge is 0.127 e. The molecular formula is C16H20ClNO. The summed E-state index contributed by atoms with van der Waals surface area (Å²) < 4.78 is 5.87. The minimum absolute atomic E-state index is 0.417. The Morgan fingerprint density at radius 3 is 2.84 bits per heavy atom. The maximum Gasteiger partial charge on any atom is 0.127 e. The molecule has 1 aliphatic heterocycles. The molecule has 2 nitrogen and oxygen atoms in total. The predicted octanol–water partition coefficient (Wildman–Crippen LogP) is 3.58. The van der Waals surface area contributed by atoms with E-state index < -0.39 is 0 Å². The van der Waals surface area contributed by atoms with Gasteiger partial charge in [0.1, 0.15) is 5.75 Å². The van der Waals surface area contributed by atoms with Crippen molar-refractivity contribution in [2.24, 2.45) is 17.8 Å². The second-order valence-corrected chi connectivity index (χ2v) is 6.62. The highest BCUT2D eigenvalue weighted by molar-refractivity contribution is 6.30. The highest BCUT2D eigenvalue weighted by atomic mass is 35.5. The number of rotatable bonds is 3. The van der Waals surface area contributed by atoms with Crippen molar-refractivity contribution in [1.29, 1.82) is 0 Å². The molecule has 1 aromatic rings. The van der Waals surface area contributed by atoms with Gasteiger partial charge in [-0.25, -0.2) is 0 Å². The van der Waals surface area contributed by atoms with Crippen molar-refractivity contribution in [1.82, 2.24) is 5.32 Å². The summed E-state index contributed by atoms with van der Waals surface area (Å²) in [4.78, 5) is 0. The van der Waals surface area contributed by atoms with Crippen molar-refractivity contribution in [2.75, 3.05) is 13.7 Å². The number of fused-ring (bicyclic) bond motifs is 2. The number of ether oxygens (including phenoxy) is 1. The van der Waals surface area contributed by atoms with Crippen LogP contribution in [0.5, 0.6) is 5.75 Å². The topological polar surface area (TPSA) is 21.3 Å². The van der Waals surface area contributed by atoms with Crippen LogP contribution in [0.4, 0.5) is 0 Å². The molecule has 0 aromatic heterocycles. The zero-order valence-corrected chi connectivity index (χ0v) is 12.0. The van der Waals surface area contributed by atoms with E-state index >= 15 is 0 Å². The summed E-state index contributed by atoms with van der Waals surface area (Å²) in [6.45, 7) is 0.802. The van der Waals surface area contributed by atoms with Crippen molar-refractivity contribution in [3.8, 4) is 5.75 Å². The molecule has 1 N–H and O–H groups in total.